The monoisotopic (exact) mass is 612 g/mol. The van der Waals surface area contributed by atoms with Gasteiger partial charge in [0, 0.05) is 22.9 Å². The highest BCUT2D eigenvalue weighted by Gasteiger charge is 2.37. The Morgan fingerprint density at radius 1 is 1.02 bits per heavy atom. The lowest BCUT2D eigenvalue weighted by Gasteiger charge is -2.40. The molecular weight excluding hydrogens is 556 g/mol. The van der Waals surface area contributed by atoms with Crippen molar-refractivity contribution >= 4 is 23.3 Å². The van der Waals surface area contributed by atoms with Crippen molar-refractivity contribution in [1.29, 1.82) is 0 Å². The fourth-order valence-corrected chi connectivity index (χ4v) is 6.53. The summed E-state index contributed by atoms with van der Waals surface area (Å²) in [5, 5.41) is 4.05. The number of nitrogens with one attached hydrogen (secondary N) is 1. The minimum atomic E-state index is -0.118. The Morgan fingerprint density at radius 3 is 2.21 bits per heavy atom. The Morgan fingerprint density at radius 2 is 1.67 bits per heavy atom. The van der Waals surface area contributed by atoms with Crippen molar-refractivity contribution in [3.63, 3.8) is 0 Å². The summed E-state index contributed by atoms with van der Waals surface area (Å²) < 4.78 is 5.01. The Kier molecular flexibility index (Phi) is 17.0. The molecule has 2 aromatic carbocycles. The zero-order valence-electron chi connectivity index (χ0n) is 27.7. The van der Waals surface area contributed by atoms with Gasteiger partial charge in [0.1, 0.15) is 11.5 Å². The number of Topliss-reactive ketones (excluding diaryl/α,β-unsaturated/α-hetero) is 1. The van der Waals surface area contributed by atoms with E-state index >= 15 is 0 Å². The highest BCUT2D eigenvalue weighted by Crippen LogP contribution is 2.37. The molecule has 43 heavy (non-hydrogen) atoms. The van der Waals surface area contributed by atoms with Gasteiger partial charge >= 0.3 is 0 Å². The van der Waals surface area contributed by atoms with E-state index in [2.05, 4.69) is 42.3 Å². The molecule has 6 heteroatoms. The van der Waals surface area contributed by atoms with Crippen LogP contribution in [0.3, 0.4) is 0 Å². The van der Waals surface area contributed by atoms with Crippen LogP contribution in [0.15, 0.2) is 48.5 Å². The van der Waals surface area contributed by atoms with Crippen LogP contribution in [-0.4, -0.2) is 43.3 Å². The number of ether oxygens (including phenoxy) is 1. The smallest absolute Gasteiger partial charge is 0.223 e. The number of carbonyl (C=O) groups is 2. The number of rotatable bonds is 11. The van der Waals surface area contributed by atoms with E-state index in [4.69, 9.17) is 16.3 Å². The number of aryl methyl sites for hydroxylation is 1. The zero-order valence-corrected chi connectivity index (χ0v) is 28.5. The van der Waals surface area contributed by atoms with Crippen LogP contribution >= 0.6 is 11.6 Å². The lowest BCUT2D eigenvalue weighted by molar-refractivity contribution is -0.130. The summed E-state index contributed by atoms with van der Waals surface area (Å²) >= 11 is 6.26. The van der Waals surface area contributed by atoms with Crippen LogP contribution in [0.5, 0.6) is 5.75 Å². The van der Waals surface area contributed by atoms with Gasteiger partial charge in [0.2, 0.25) is 5.91 Å². The van der Waals surface area contributed by atoms with Crippen LogP contribution in [-0.2, 0) is 16.0 Å². The van der Waals surface area contributed by atoms with Crippen molar-refractivity contribution in [2.24, 2.45) is 11.3 Å². The van der Waals surface area contributed by atoms with Gasteiger partial charge in [-0.15, -0.1) is 0 Å². The van der Waals surface area contributed by atoms with Gasteiger partial charge in [0.15, 0.2) is 0 Å². The quantitative estimate of drug-likeness (QED) is 0.275. The van der Waals surface area contributed by atoms with E-state index in [1.54, 1.807) is 14.0 Å². The fourth-order valence-electron chi connectivity index (χ4n) is 6.33. The number of hydrogen-bond acceptors (Lipinski definition) is 4. The van der Waals surface area contributed by atoms with E-state index in [9.17, 15) is 9.59 Å². The molecule has 1 saturated heterocycles. The number of hydrogen-bond donors (Lipinski definition) is 1. The highest BCUT2D eigenvalue weighted by molar-refractivity contribution is 6.30. The maximum Gasteiger partial charge on any atom is 0.223 e. The minimum Gasteiger partial charge on any atom is -0.497 e. The molecule has 1 aliphatic carbocycles. The lowest BCUT2D eigenvalue weighted by Crippen LogP contribution is -2.44. The highest BCUT2D eigenvalue weighted by atomic mass is 35.5. The molecule has 2 aromatic rings. The number of piperidine rings is 1. The Bertz CT molecular complexity index is 1050. The molecule has 1 heterocycles. The molecule has 0 aromatic heterocycles. The van der Waals surface area contributed by atoms with Crippen LogP contribution in [0.25, 0.3) is 0 Å². The van der Waals surface area contributed by atoms with E-state index in [0.717, 1.165) is 95.2 Å². The third-order valence-corrected chi connectivity index (χ3v) is 9.37. The summed E-state index contributed by atoms with van der Waals surface area (Å²) in [6.45, 7) is 12.9. The molecular formula is C37H57ClN2O3. The maximum absolute atomic E-state index is 13.0. The van der Waals surface area contributed by atoms with Crippen LogP contribution in [0, 0.1) is 11.3 Å². The van der Waals surface area contributed by atoms with Crippen molar-refractivity contribution < 1.29 is 14.3 Å². The second-order valence-corrected chi connectivity index (χ2v) is 12.3. The Labute approximate surface area is 267 Å². The van der Waals surface area contributed by atoms with Gasteiger partial charge in [-0.3, -0.25) is 9.59 Å². The Hall–Kier alpha value is -2.37. The number of ketones is 1. The van der Waals surface area contributed by atoms with Crippen LogP contribution in [0.4, 0.5) is 0 Å². The molecule has 4 rings (SSSR count). The van der Waals surface area contributed by atoms with Gasteiger partial charge in [0.25, 0.3) is 0 Å². The second-order valence-electron chi connectivity index (χ2n) is 11.9. The largest absolute Gasteiger partial charge is 0.497 e. The molecule has 0 radical (unpaired) electrons. The average Bonchev–Trinajstić information content (AvgIpc) is 3.05. The lowest BCUT2D eigenvalue weighted by atomic mass is 9.72. The van der Waals surface area contributed by atoms with Crippen LogP contribution in [0.1, 0.15) is 116 Å². The van der Waals surface area contributed by atoms with E-state index < -0.39 is 0 Å². The van der Waals surface area contributed by atoms with Crippen molar-refractivity contribution in [3.8, 4) is 5.75 Å². The maximum atomic E-state index is 13.0. The summed E-state index contributed by atoms with van der Waals surface area (Å²) in [6.07, 6.45) is 11.5. The summed E-state index contributed by atoms with van der Waals surface area (Å²) in [4.78, 5) is 27.7. The van der Waals surface area contributed by atoms with E-state index in [1.165, 1.54) is 12.0 Å². The Balaban J connectivity index is 0.000000451. The first-order valence-electron chi connectivity index (χ1n) is 16.7. The first kappa shape index (κ1) is 36.8. The zero-order chi connectivity index (χ0) is 31.7. The molecule has 2 fully saturated rings. The number of halogens is 1. The number of methoxy groups -OCH3 is 1. The van der Waals surface area contributed by atoms with Gasteiger partial charge in [-0.05, 0) is 100 Å². The number of likely N-dealkylation sites (tertiary alicyclic amines) is 1. The second kappa shape index (κ2) is 19.8. The molecule has 1 unspecified atom stereocenters. The van der Waals surface area contributed by atoms with E-state index in [0.29, 0.717) is 10.8 Å². The van der Waals surface area contributed by atoms with Crippen molar-refractivity contribution in [2.45, 2.75) is 111 Å². The van der Waals surface area contributed by atoms with Gasteiger partial charge in [-0.1, -0.05) is 89.2 Å². The molecule has 0 spiro atoms. The number of nitrogens with zero attached hydrogens (tertiary/aromatic N) is 1. The van der Waals surface area contributed by atoms with Crippen molar-refractivity contribution in [3.05, 3.63) is 64.7 Å². The first-order valence-corrected chi connectivity index (χ1v) is 17.1. The molecule has 240 valence electrons. The predicted molar refractivity (Wildman–Crippen MR) is 181 cm³/mol. The third-order valence-electron chi connectivity index (χ3n) is 9.13. The molecule has 1 saturated carbocycles. The van der Waals surface area contributed by atoms with Gasteiger partial charge < -0.3 is 15.0 Å². The van der Waals surface area contributed by atoms with Gasteiger partial charge in [-0.25, -0.2) is 0 Å². The summed E-state index contributed by atoms with van der Waals surface area (Å²) in [7, 11) is 1.68. The number of benzene rings is 2. The predicted octanol–water partition coefficient (Wildman–Crippen LogP) is 9.22. The molecule has 0 bridgehead atoms. The molecule has 1 aliphatic heterocycles. The van der Waals surface area contributed by atoms with E-state index in [1.807, 2.05) is 44.2 Å². The fraction of sp³-hybridized carbons (Fsp3) is 0.622. The normalized spacial score (nSPS) is 17.4. The first-order chi connectivity index (χ1) is 20.8. The molecule has 2 aliphatic rings. The molecule has 1 atom stereocenters. The average molecular weight is 613 g/mol. The van der Waals surface area contributed by atoms with E-state index in [-0.39, 0.29) is 23.3 Å². The van der Waals surface area contributed by atoms with Crippen LogP contribution in [0.2, 0.25) is 5.02 Å². The molecule has 1 N–H and O–H groups in total. The number of carbonyl (C=O) groups excluding carboxylic acids is 2. The molecule has 5 nitrogen and oxygen atoms in total. The topological polar surface area (TPSA) is 58.6 Å². The standard InChI is InChI=1S/C26H39ClN2O2.C9H12O.C2H6/c1-3-13-26(20(2)30)14-17-29(18-15-26)16-12-24(22-10-7-11-23(27)19-22)28-25(31)21-8-5-4-6-9-21;1-3-8-4-6-9(10-2)7-5-8;1-2/h7,10-11,19,21,24H,3-6,8-9,12-18H2,1-2H3,(H,28,31);4-7H,3H2,1-2H3;1-2H3. The van der Waals surface area contributed by atoms with Gasteiger partial charge in [-0.2, -0.15) is 0 Å². The SMILES string of the molecule is CC.CCCC1(C(C)=O)CCN(CCC(NC(=O)C2CCCCC2)c2cccc(Cl)c2)CC1.CCc1ccc(OC)cc1. The number of amides is 1. The van der Waals surface area contributed by atoms with Gasteiger partial charge in [0.05, 0.1) is 13.2 Å². The van der Waals surface area contributed by atoms with Crippen LogP contribution < -0.4 is 10.1 Å². The summed E-state index contributed by atoms with van der Waals surface area (Å²) in [5.41, 5.74) is 2.31. The van der Waals surface area contributed by atoms with Crippen molar-refractivity contribution in [1.82, 2.24) is 10.2 Å². The minimum absolute atomic E-state index is 0.0248. The van der Waals surface area contributed by atoms with Crippen molar-refractivity contribution in [2.75, 3.05) is 26.7 Å². The molecule has 1 amide bonds. The third kappa shape index (κ3) is 11.9. The summed E-state index contributed by atoms with van der Waals surface area (Å²) in [6, 6.07) is 16.0. The summed E-state index contributed by atoms with van der Waals surface area (Å²) in [5.74, 6) is 1.63.